The number of unbranched alkanes of at least 4 members (excludes halogenated alkanes) is 3. The maximum atomic E-state index is 12.4. The van der Waals surface area contributed by atoms with Gasteiger partial charge < -0.3 is 28.6 Å². The molecule has 8 nitrogen and oxygen atoms in total. The Bertz CT molecular complexity index is 896. The van der Waals surface area contributed by atoms with Gasteiger partial charge in [-0.05, 0) is 38.5 Å². The first-order valence-corrected chi connectivity index (χ1v) is 15.8. The van der Waals surface area contributed by atoms with Gasteiger partial charge in [0.15, 0.2) is 6.10 Å². The molecule has 0 aromatic rings. The smallest absolute Gasteiger partial charge is 0.310 e. The van der Waals surface area contributed by atoms with Gasteiger partial charge in [0, 0.05) is 12.8 Å². The molecule has 0 aromatic heterocycles. The largest absolute Gasteiger partial charge is 0.544 e. The molecule has 0 aromatic carbocycles. The molecule has 244 valence electrons. The number of allylic oxidation sites excluding steroid dienone is 9. The first-order valence-electron chi connectivity index (χ1n) is 15.8. The maximum Gasteiger partial charge on any atom is 0.310 e. The van der Waals surface area contributed by atoms with Crippen molar-refractivity contribution in [1.82, 2.24) is 0 Å². The summed E-state index contributed by atoms with van der Waals surface area (Å²) >= 11 is 0. The fraction of sp³-hybridized carbons (Fsp3) is 0.629. The van der Waals surface area contributed by atoms with Crippen LogP contribution >= 0.6 is 0 Å². The van der Waals surface area contributed by atoms with Crippen molar-refractivity contribution in [3.8, 4) is 0 Å². The van der Waals surface area contributed by atoms with E-state index < -0.39 is 24.1 Å². The maximum absolute atomic E-state index is 12.4. The number of carbonyl (C=O) groups is 3. The predicted octanol–water partition coefficient (Wildman–Crippen LogP) is 5.78. The summed E-state index contributed by atoms with van der Waals surface area (Å²) in [6.07, 6.45) is 29.0. The summed E-state index contributed by atoms with van der Waals surface area (Å²) in [6.45, 7) is 4.26. The minimum atomic E-state index is -1.15. The van der Waals surface area contributed by atoms with Gasteiger partial charge in [0.25, 0.3) is 0 Å². The van der Waals surface area contributed by atoms with Crippen LogP contribution in [-0.4, -0.2) is 75.5 Å². The van der Waals surface area contributed by atoms with Crippen molar-refractivity contribution >= 4 is 17.9 Å². The molecule has 0 heterocycles. The van der Waals surface area contributed by atoms with E-state index in [0.717, 1.165) is 51.4 Å². The van der Waals surface area contributed by atoms with Gasteiger partial charge in [-0.15, -0.1) is 0 Å². The summed E-state index contributed by atoms with van der Waals surface area (Å²) in [4.78, 5) is 36.0. The summed E-state index contributed by atoms with van der Waals surface area (Å²) < 4.78 is 16.7. The Kier molecular flexibility index (Phi) is 24.8. The Hall–Kier alpha value is -2.97. The highest BCUT2D eigenvalue weighted by molar-refractivity contribution is 5.71. The van der Waals surface area contributed by atoms with Crippen LogP contribution < -0.4 is 5.11 Å². The summed E-state index contributed by atoms with van der Waals surface area (Å²) in [5, 5.41) is 11.5. The van der Waals surface area contributed by atoms with Crippen LogP contribution in [0.1, 0.15) is 90.9 Å². The second-order valence-electron chi connectivity index (χ2n) is 11.3. The number of esters is 2. The average molecular weight is 604 g/mol. The molecule has 2 atom stereocenters. The lowest BCUT2D eigenvalue weighted by molar-refractivity contribution is -0.889. The Labute approximate surface area is 260 Å². The van der Waals surface area contributed by atoms with Crippen molar-refractivity contribution in [2.45, 2.75) is 103 Å². The van der Waals surface area contributed by atoms with E-state index in [4.69, 9.17) is 14.2 Å². The number of likely N-dealkylation sites (N-methyl/N-ethyl adjacent to an activating group) is 1. The van der Waals surface area contributed by atoms with Crippen LogP contribution in [0.25, 0.3) is 0 Å². The average Bonchev–Trinajstić information content (AvgIpc) is 2.94. The summed E-state index contributed by atoms with van der Waals surface area (Å²) in [7, 11) is 5.33. The van der Waals surface area contributed by atoms with Crippen molar-refractivity contribution in [2.24, 2.45) is 0 Å². The highest BCUT2D eigenvalue weighted by Gasteiger charge is 2.25. The quantitative estimate of drug-likeness (QED) is 0.0534. The van der Waals surface area contributed by atoms with Crippen LogP contribution in [-0.2, 0) is 28.6 Å². The van der Waals surface area contributed by atoms with Gasteiger partial charge in [0.1, 0.15) is 12.6 Å². The van der Waals surface area contributed by atoms with Crippen molar-refractivity contribution < 1.29 is 38.2 Å². The Morgan fingerprint density at radius 1 is 0.721 bits per heavy atom. The zero-order chi connectivity index (χ0) is 32.2. The van der Waals surface area contributed by atoms with Crippen LogP contribution in [0.5, 0.6) is 0 Å². The molecule has 0 bridgehead atoms. The van der Waals surface area contributed by atoms with Crippen LogP contribution in [0.15, 0.2) is 60.8 Å². The van der Waals surface area contributed by atoms with Crippen LogP contribution in [0.4, 0.5) is 0 Å². The molecule has 8 heteroatoms. The van der Waals surface area contributed by atoms with E-state index in [1.165, 1.54) is 0 Å². The zero-order valence-electron chi connectivity index (χ0n) is 27.3. The number of aliphatic carboxylic acids is 1. The second-order valence-corrected chi connectivity index (χ2v) is 11.3. The molecule has 0 spiro atoms. The normalized spacial score (nSPS) is 14.0. The van der Waals surface area contributed by atoms with Gasteiger partial charge in [-0.1, -0.05) is 93.9 Å². The fourth-order valence-corrected chi connectivity index (χ4v) is 3.97. The van der Waals surface area contributed by atoms with Gasteiger partial charge in [-0.25, -0.2) is 0 Å². The van der Waals surface area contributed by atoms with Gasteiger partial charge in [-0.2, -0.15) is 0 Å². The zero-order valence-corrected chi connectivity index (χ0v) is 27.3. The molecule has 0 aliphatic carbocycles. The van der Waals surface area contributed by atoms with Crippen molar-refractivity contribution in [1.29, 1.82) is 0 Å². The lowest BCUT2D eigenvalue weighted by Gasteiger charge is -2.34. The predicted molar refractivity (Wildman–Crippen MR) is 171 cm³/mol. The molecule has 0 rings (SSSR count). The lowest BCUT2D eigenvalue weighted by atomic mass is 10.1. The van der Waals surface area contributed by atoms with E-state index in [1.807, 2.05) is 12.2 Å². The first-order chi connectivity index (χ1) is 20.6. The molecule has 0 amide bonds. The SMILES string of the molecule is CC/C=C\C/C=C\C/C=C\C/C=C\C/C=C\CC(=O)OC(COCCC(C(=O)[O-])[N+](C)(C)C)COC(=O)CCCCCC. The number of carboxylic acids is 1. The standard InChI is InChI=1S/C35H57NO7/c1-6-8-10-12-13-14-15-16-17-18-19-20-21-22-24-26-34(38)43-31(30-42-33(37)25-23-11-9-7-2)29-41-28-27-32(35(39)40)36(3,4)5/h8,10,13-14,16-17,19-20,22,24,31-32H,6-7,9,11-12,15,18,21,23,25-30H2,1-5H3/b10-8-,14-13-,17-16-,20-19-,24-22-. The molecule has 0 aliphatic heterocycles. The molecular formula is C35H57NO7. The second kappa shape index (κ2) is 26.6. The number of carboxylic acid groups (broad SMARTS) is 1. The number of carbonyl (C=O) groups excluding carboxylic acids is 3. The third-order valence-electron chi connectivity index (χ3n) is 6.45. The monoisotopic (exact) mass is 603 g/mol. The molecule has 0 radical (unpaired) electrons. The van der Waals surface area contributed by atoms with Crippen molar-refractivity contribution in [2.75, 3.05) is 41.0 Å². The minimum absolute atomic E-state index is 0.00255. The summed E-state index contributed by atoms with van der Waals surface area (Å²) in [5.74, 6) is -1.93. The van der Waals surface area contributed by atoms with E-state index in [2.05, 4.69) is 56.4 Å². The molecule has 0 saturated carbocycles. The highest BCUT2D eigenvalue weighted by Crippen LogP contribution is 2.09. The van der Waals surface area contributed by atoms with E-state index in [0.29, 0.717) is 12.8 Å². The molecule has 2 unspecified atom stereocenters. The molecule has 0 N–H and O–H groups in total. The van der Waals surface area contributed by atoms with Gasteiger partial charge >= 0.3 is 11.9 Å². The third kappa shape index (κ3) is 25.3. The minimum Gasteiger partial charge on any atom is -0.544 e. The number of ether oxygens (including phenoxy) is 3. The summed E-state index contributed by atoms with van der Waals surface area (Å²) in [6, 6.07) is -0.739. The van der Waals surface area contributed by atoms with Gasteiger partial charge in [-0.3, -0.25) is 9.59 Å². The van der Waals surface area contributed by atoms with Crippen molar-refractivity contribution in [3.63, 3.8) is 0 Å². The molecule has 43 heavy (non-hydrogen) atoms. The van der Waals surface area contributed by atoms with Crippen LogP contribution in [0.2, 0.25) is 0 Å². The Balaban J connectivity index is 4.59. The third-order valence-corrected chi connectivity index (χ3v) is 6.45. The molecule has 0 fully saturated rings. The first kappa shape index (κ1) is 40.0. The van der Waals surface area contributed by atoms with E-state index in [9.17, 15) is 19.5 Å². The molecule has 0 saturated heterocycles. The highest BCUT2D eigenvalue weighted by atomic mass is 16.6. The van der Waals surface area contributed by atoms with Crippen LogP contribution in [0, 0.1) is 0 Å². The topological polar surface area (TPSA) is 102 Å². The number of hydrogen-bond acceptors (Lipinski definition) is 7. The van der Waals surface area contributed by atoms with Gasteiger partial charge in [0.2, 0.25) is 0 Å². The van der Waals surface area contributed by atoms with E-state index in [-0.39, 0.29) is 43.1 Å². The lowest BCUT2D eigenvalue weighted by Crippen LogP contribution is -2.55. The van der Waals surface area contributed by atoms with E-state index in [1.54, 1.807) is 27.2 Å². The number of rotatable bonds is 26. The van der Waals surface area contributed by atoms with Crippen LogP contribution in [0.3, 0.4) is 0 Å². The summed E-state index contributed by atoms with van der Waals surface area (Å²) in [5.41, 5.74) is 0. The Morgan fingerprint density at radius 3 is 1.79 bits per heavy atom. The van der Waals surface area contributed by atoms with Crippen molar-refractivity contribution in [3.05, 3.63) is 60.8 Å². The fourth-order valence-electron chi connectivity index (χ4n) is 3.97. The number of hydrogen-bond donors (Lipinski definition) is 0. The van der Waals surface area contributed by atoms with Gasteiger partial charge in [0.05, 0.1) is 46.7 Å². The van der Waals surface area contributed by atoms with E-state index >= 15 is 0 Å². The number of nitrogens with zero attached hydrogens (tertiary/aromatic N) is 1. The Morgan fingerprint density at radius 2 is 1.28 bits per heavy atom. The molecule has 0 aliphatic rings. The molecular weight excluding hydrogens is 546 g/mol. The number of quaternary nitrogens is 1.